The van der Waals surface area contributed by atoms with Gasteiger partial charge < -0.3 is 5.11 Å². The third kappa shape index (κ3) is 6.80. The van der Waals surface area contributed by atoms with E-state index in [0.29, 0.717) is 0 Å². The van der Waals surface area contributed by atoms with Crippen LogP contribution in [0.25, 0.3) is 0 Å². The third-order valence-electron chi connectivity index (χ3n) is 3.71. The Balaban J connectivity index is 2.10. The molecule has 20 heavy (non-hydrogen) atoms. The highest BCUT2D eigenvalue weighted by Crippen LogP contribution is 2.26. The molecule has 0 fully saturated rings. The van der Waals surface area contributed by atoms with Gasteiger partial charge >= 0.3 is 0 Å². The lowest BCUT2D eigenvalue weighted by atomic mass is 10.0. The molecule has 0 saturated carbocycles. The van der Waals surface area contributed by atoms with E-state index in [-0.39, 0.29) is 6.10 Å². The Morgan fingerprint density at radius 1 is 0.950 bits per heavy atom. The molecule has 3 nitrogen and oxygen atoms in total. The van der Waals surface area contributed by atoms with Crippen molar-refractivity contribution in [2.24, 2.45) is 0 Å². The highest BCUT2D eigenvalue weighted by Gasteiger charge is 2.15. The van der Waals surface area contributed by atoms with Gasteiger partial charge in [0.15, 0.2) is 0 Å². The zero-order valence-electron chi connectivity index (χ0n) is 13.1. The standard InChI is InChI=1S/C16H30N2OS/c1-3-5-6-7-8-9-10-11-13-15(19)16-14(12-4-2)17-18-20-16/h15,19H,3-13H2,1-2H3. The van der Waals surface area contributed by atoms with Gasteiger partial charge in [0.25, 0.3) is 0 Å². The average Bonchev–Trinajstić information content (AvgIpc) is 2.90. The largest absolute Gasteiger partial charge is 0.387 e. The quantitative estimate of drug-likeness (QED) is 0.549. The van der Waals surface area contributed by atoms with Crippen LogP contribution in [-0.2, 0) is 6.42 Å². The summed E-state index contributed by atoms with van der Waals surface area (Å²) >= 11 is 1.36. The molecule has 0 bridgehead atoms. The first-order chi connectivity index (χ1) is 9.79. The Morgan fingerprint density at radius 2 is 1.60 bits per heavy atom. The van der Waals surface area contributed by atoms with Crippen LogP contribution in [0.3, 0.4) is 0 Å². The van der Waals surface area contributed by atoms with Gasteiger partial charge in [0.05, 0.1) is 16.7 Å². The maximum Gasteiger partial charge on any atom is 0.0917 e. The van der Waals surface area contributed by atoms with E-state index in [0.717, 1.165) is 36.3 Å². The maximum atomic E-state index is 10.2. The number of rotatable bonds is 12. The van der Waals surface area contributed by atoms with Crippen LogP contribution >= 0.6 is 11.5 Å². The van der Waals surface area contributed by atoms with Gasteiger partial charge in [-0.1, -0.05) is 76.1 Å². The molecule has 0 amide bonds. The molecule has 1 N–H and O–H groups in total. The van der Waals surface area contributed by atoms with Gasteiger partial charge in [-0.05, 0) is 24.4 Å². The number of hydrogen-bond acceptors (Lipinski definition) is 4. The van der Waals surface area contributed by atoms with E-state index >= 15 is 0 Å². The molecule has 0 aliphatic rings. The number of aliphatic hydroxyl groups excluding tert-OH is 1. The van der Waals surface area contributed by atoms with Crippen LogP contribution < -0.4 is 0 Å². The van der Waals surface area contributed by atoms with Crippen LogP contribution in [0.2, 0.25) is 0 Å². The first-order valence-corrected chi connectivity index (χ1v) is 9.06. The molecule has 116 valence electrons. The summed E-state index contributed by atoms with van der Waals surface area (Å²) < 4.78 is 3.98. The smallest absolute Gasteiger partial charge is 0.0917 e. The number of aryl methyl sites for hydroxylation is 1. The molecule has 0 saturated heterocycles. The summed E-state index contributed by atoms with van der Waals surface area (Å²) in [6.07, 6.45) is 12.9. The molecule has 1 aromatic rings. The lowest BCUT2D eigenvalue weighted by Crippen LogP contribution is -1.99. The Kier molecular flexibility index (Phi) is 9.85. The lowest BCUT2D eigenvalue weighted by molar-refractivity contribution is 0.165. The van der Waals surface area contributed by atoms with E-state index in [1.54, 1.807) is 0 Å². The number of aromatic nitrogens is 2. The van der Waals surface area contributed by atoms with Gasteiger partial charge in [0.1, 0.15) is 0 Å². The van der Waals surface area contributed by atoms with E-state index in [9.17, 15) is 5.11 Å². The first-order valence-electron chi connectivity index (χ1n) is 8.28. The normalized spacial score (nSPS) is 12.8. The van der Waals surface area contributed by atoms with Gasteiger partial charge in [-0.25, -0.2) is 0 Å². The van der Waals surface area contributed by atoms with E-state index in [2.05, 4.69) is 23.4 Å². The van der Waals surface area contributed by atoms with E-state index in [1.807, 2.05) is 0 Å². The number of hydrogen-bond donors (Lipinski definition) is 1. The Morgan fingerprint density at radius 3 is 2.25 bits per heavy atom. The fourth-order valence-electron chi connectivity index (χ4n) is 2.48. The molecular weight excluding hydrogens is 268 g/mol. The van der Waals surface area contributed by atoms with Crippen LogP contribution in [0.15, 0.2) is 0 Å². The number of aliphatic hydroxyl groups is 1. The minimum Gasteiger partial charge on any atom is -0.387 e. The SMILES string of the molecule is CCCCCCCCCCC(O)c1snnc1CCC. The lowest BCUT2D eigenvalue weighted by Gasteiger charge is -2.09. The van der Waals surface area contributed by atoms with Gasteiger partial charge in [-0.15, -0.1) is 5.10 Å². The van der Waals surface area contributed by atoms with Gasteiger partial charge in [0.2, 0.25) is 0 Å². The minimum absolute atomic E-state index is 0.350. The zero-order valence-corrected chi connectivity index (χ0v) is 13.9. The fourth-order valence-corrected chi connectivity index (χ4v) is 3.20. The van der Waals surface area contributed by atoms with Crippen LogP contribution in [0, 0.1) is 0 Å². The Hall–Kier alpha value is -0.480. The molecule has 0 radical (unpaired) electrons. The van der Waals surface area contributed by atoms with Crippen LogP contribution in [0.4, 0.5) is 0 Å². The molecular formula is C16H30N2OS. The van der Waals surface area contributed by atoms with Crippen molar-refractivity contribution >= 4 is 11.5 Å². The second kappa shape index (κ2) is 11.2. The summed E-state index contributed by atoms with van der Waals surface area (Å²) in [4.78, 5) is 0.995. The molecule has 0 spiro atoms. The highest BCUT2D eigenvalue weighted by molar-refractivity contribution is 7.05. The number of unbranched alkanes of at least 4 members (excludes halogenated alkanes) is 7. The van der Waals surface area contributed by atoms with Crippen molar-refractivity contribution in [1.29, 1.82) is 0 Å². The van der Waals surface area contributed by atoms with E-state index in [1.165, 1.54) is 56.5 Å². The Labute approximate surface area is 128 Å². The predicted molar refractivity (Wildman–Crippen MR) is 86.1 cm³/mol. The Bertz CT molecular complexity index is 341. The van der Waals surface area contributed by atoms with Crippen LogP contribution in [0.5, 0.6) is 0 Å². The molecule has 1 atom stereocenters. The van der Waals surface area contributed by atoms with E-state index in [4.69, 9.17) is 0 Å². The maximum absolute atomic E-state index is 10.2. The third-order valence-corrected chi connectivity index (χ3v) is 4.57. The van der Waals surface area contributed by atoms with Gasteiger partial charge in [-0.2, -0.15) is 0 Å². The fraction of sp³-hybridized carbons (Fsp3) is 0.875. The van der Waals surface area contributed by atoms with Crippen molar-refractivity contribution in [3.8, 4) is 0 Å². The summed E-state index contributed by atoms with van der Waals surface area (Å²) in [5, 5.41) is 14.3. The van der Waals surface area contributed by atoms with Gasteiger partial charge in [-0.3, -0.25) is 0 Å². The van der Waals surface area contributed by atoms with Crippen molar-refractivity contribution in [3.63, 3.8) is 0 Å². The molecule has 1 aromatic heterocycles. The monoisotopic (exact) mass is 298 g/mol. The summed E-state index contributed by atoms with van der Waals surface area (Å²) in [6, 6.07) is 0. The second-order valence-electron chi connectivity index (χ2n) is 5.61. The van der Waals surface area contributed by atoms with E-state index < -0.39 is 0 Å². The summed E-state index contributed by atoms with van der Waals surface area (Å²) in [6.45, 7) is 4.39. The summed E-state index contributed by atoms with van der Waals surface area (Å²) in [7, 11) is 0. The average molecular weight is 298 g/mol. The van der Waals surface area contributed by atoms with Crippen molar-refractivity contribution in [3.05, 3.63) is 10.6 Å². The first kappa shape index (κ1) is 17.6. The predicted octanol–water partition coefficient (Wildman–Crippen LogP) is 5.05. The molecule has 0 aliphatic heterocycles. The summed E-state index contributed by atoms with van der Waals surface area (Å²) in [5.74, 6) is 0. The molecule has 1 heterocycles. The molecule has 1 unspecified atom stereocenters. The number of nitrogens with zero attached hydrogens (tertiary/aromatic N) is 2. The molecule has 4 heteroatoms. The minimum atomic E-state index is -0.350. The molecule has 1 rings (SSSR count). The van der Waals surface area contributed by atoms with Crippen LogP contribution in [-0.4, -0.2) is 14.7 Å². The highest BCUT2D eigenvalue weighted by atomic mass is 32.1. The second-order valence-corrected chi connectivity index (χ2v) is 6.40. The van der Waals surface area contributed by atoms with Crippen molar-refractivity contribution in [2.45, 2.75) is 90.6 Å². The van der Waals surface area contributed by atoms with Crippen molar-refractivity contribution < 1.29 is 5.11 Å². The molecule has 0 aliphatic carbocycles. The topological polar surface area (TPSA) is 46.0 Å². The zero-order chi connectivity index (χ0) is 14.6. The van der Waals surface area contributed by atoms with Crippen LogP contribution in [0.1, 0.15) is 94.7 Å². The summed E-state index contributed by atoms with van der Waals surface area (Å²) in [5.41, 5.74) is 1.00. The molecule has 0 aromatic carbocycles. The van der Waals surface area contributed by atoms with Crippen molar-refractivity contribution in [1.82, 2.24) is 9.59 Å². The van der Waals surface area contributed by atoms with Gasteiger partial charge in [0, 0.05) is 0 Å². The van der Waals surface area contributed by atoms with Crippen molar-refractivity contribution in [2.75, 3.05) is 0 Å².